The first-order valence-electron chi connectivity index (χ1n) is 8.67. The Balaban J connectivity index is 1.47. The van der Waals surface area contributed by atoms with E-state index in [9.17, 15) is 4.79 Å². The molecule has 0 spiro atoms. The van der Waals surface area contributed by atoms with Crippen LogP contribution in [0.25, 0.3) is 0 Å². The summed E-state index contributed by atoms with van der Waals surface area (Å²) >= 11 is 6.04. The van der Waals surface area contributed by atoms with E-state index in [0.29, 0.717) is 6.42 Å². The van der Waals surface area contributed by atoms with Crippen LogP contribution in [0.15, 0.2) is 54.6 Å². The van der Waals surface area contributed by atoms with Crippen molar-refractivity contribution in [2.24, 2.45) is 5.73 Å². The first-order chi connectivity index (χ1) is 12.1. The van der Waals surface area contributed by atoms with Gasteiger partial charge in [-0.1, -0.05) is 54.1 Å². The summed E-state index contributed by atoms with van der Waals surface area (Å²) in [7, 11) is 0. The van der Waals surface area contributed by atoms with Crippen LogP contribution in [-0.2, 0) is 11.3 Å². The van der Waals surface area contributed by atoms with E-state index in [2.05, 4.69) is 11.0 Å². The molecule has 1 fully saturated rings. The van der Waals surface area contributed by atoms with Gasteiger partial charge in [0, 0.05) is 50.2 Å². The monoisotopic (exact) mass is 357 g/mol. The zero-order valence-electron chi connectivity index (χ0n) is 14.3. The van der Waals surface area contributed by atoms with Gasteiger partial charge in [0.25, 0.3) is 0 Å². The molecular weight excluding hydrogens is 334 g/mol. The van der Waals surface area contributed by atoms with Crippen molar-refractivity contribution >= 4 is 17.5 Å². The molecule has 2 N–H and O–H groups in total. The van der Waals surface area contributed by atoms with Gasteiger partial charge in [0.2, 0.25) is 5.91 Å². The Hall–Kier alpha value is -1.88. The van der Waals surface area contributed by atoms with E-state index in [1.54, 1.807) is 0 Å². The summed E-state index contributed by atoms with van der Waals surface area (Å²) in [6.45, 7) is 4.12. The number of hydrogen-bond acceptors (Lipinski definition) is 3. The molecule has 2 aromatic carbocycles. The van der Waals surface area contributed by atoms with Crippen molar-refractivity contribution in [1.82, 2.24) is 9.80 Å². The van der Waals surface area contributed by atoms with Crippen LogP contribution in [0.4, 0.5) is 0 Å². The van der Waals surface area contributed by atoms with Crippen LogP contribution in [0.2, 0.25) is 5.02 Å². The molecule has 0 aliphatic carbocycles. The van der Waals surface area contributed by atoms with Gasteiger partial charge < -0.3 is 10.6 Å². The Bertz CT molecular complexity index is 699. The average molecular weight is 358 g/mol. The second kappa shape index (κ2) is 8.48. The Morgan fingerprint density at radius 1 is 1.04 bits per heavy atom. The molecule has 0 aromatic heterocycles. The van der Waals surface area contributed by atoms with Gasteiger partial charge >= 0.3 is 0 Å². The Morgan fingerprint density at radius 2 is 1.76 bits per heavy atom. The van der Waals surface area contributed by atoms with E-state index >= 15 is 0 Å². The number of piperazine rings is 1. The molecule has 1 aliphatic heterocycles. The molecule has 1 aliphatic rings. The van der Waals surface area contributed by atoms with E-state index < -0.39 is 0 Å². The molecule has 0 saturated carbocycles. The first-order valence-corrected chi connectivity index (χ1v) is 9.05. The third-order valence-electron chi connectivity index (χ3n) is 4.64. The summed E-state index contributed by atoms with van der Waals surface area (Å²) in [4.78, 5) is 16.8. The summed E-state index contributed by atoms with van der Waals surface area (Å²) in [6.07, 6.45) is 0.359. The van der Waals surface area contributed by atoms with E-state index in [1.165, 1.54) is 5.56 Å². The summed E-state index contributed by atoms with van der Waals surface area (Å²) < 4.78 is 0. The lowest BCUT2D eigenvalue weighted by Crippen LogP contribution is -2.48. The molecule has 4 nitrogen and oxygen atoms in total. The number of benzene rings is 2. The molecule has 25 heavy (non-hydrogen) atoms. The van der Waals surface area contributed by atoms with E-state index in [-0.39, 0.29) is 11.9 Å². The number of carbonyl (C=O) groups is 1. The van der Waals surface area contributed by atoms with Gasteiger partial charge in [-0.15, -0.1) is 0 Å². The van der Waals surface area contributed by atoms with Crippen LogP contribution >= 0.6 is 11.6 Å². The standard InChI is InChI=1S/C20H24ClN3O/c21-18-8-4-5-16(13-18)15-23-9-11-24(12-10-23)20(25)14-19(22)17-6-2-1-3-7-17/h1-8,13,19H,9-12,14-15,22H2. The molecule has 3 rings (SSSR count). The fraction of sp³-hybridized carbons (Fsp3) is 0.350. The van der Waals surface area contributed by atoms with Gasteiger partial charge in [0.1, 0.15) is 0 Å². The van der Waals surface area contributed by atoms with Crippen LogP contribution in [-0.4, -0.2) is 41.9 Å². The first kappa shape index (κ1) is 17.9. The molecule has 0 bridgehead atoms. The second-order valence-electron chi connectivity index (χ2n) is 6.51. The second-order valence-corrected chi connectivity index (χ2v) is 6.94. The minimum atomic E-state index is -0.238. The molecular formula is C20H24ClN3O. The highest BCUT2D eigenvalue weighted by Gasteiger charge is 2.23. The number of amides is 1. The fourth-order valence-corrected chi connectivity index (χ4v) is 3.40. The van der Waals surface area contributed by atoms with Gasteiger partial charge in [-0.3, -0.25) is 9.69 Å². The van der Waals surface area contributed by atoms with Crippen molar-refractivity contribution in [3.63, 3.8) is 0 Å². The lowest BCUT2D eigenvalue weighted by atomic mass is 10.0. The third kappa shape index (κ3) is 5.05. The van der Waals surface area contributed by atoms with Crippen molar-refractivity contribution in [3.8, 4) is 0 Å². The predicted molar refractivity (Wildman–Crippen MR) is 101 cm³/mol. The van der Waals surface area contributed by atoms with E-state index in [4.69, 9.17) is 17.3 Å². The number of carbonyl (C=O) groups excluding carboxylic acids is 1. The summed E-state index contributed by atoms with van der Waals surface area (Å²) in [5.74, 6) is 0.138. The highest BCUT2D eigenvalue weighted by Crippen LogP contribution is 2.17. The van der Waals surface area contributed by atoms with Crippen LogP contribution in [0, 0.1) is 0 Å². The Morgan fingerprint density at radius 3 is 2.44 bits per heavy atom. The molecule has 1 heterocycles. The highest BCUT2D eigenvalue weighted by atomic mass is 35.5. The largest absolute Gasteiger partial charge is 0.340 e. The predicted octanol–water partition coefficient (Wildman–Crippen LogP) is 3.07. The van der Waals surface area contributed by atoms with Gasteiger partial charge in [-0.2, -0.15) is 0 Å². The van der Waals surface area contributed by atoms with Gasteiger partial charge in [0.05, 0.1) is 0 Å². The average Bonchev–Trinajstić information content (AvgIpc) is 2.63. The van der Waals surface area contributed by atoms with Crippen molar-refractivity contribution in [2.75, 3.05) is 26.2 Å². The van der Waals surface area contributed by atoms with Crippen molar-refractivity contribution in [2.45, 2.75) is 19.0 Å². The SMILES string of the molecule is NC(CC(=O)N1CCN(Cc2cccc(Cl)c2)CC1)c1ccccc1. The summed E-state index contributed by atoms with van der Waals surface area (Å²) in [5.41, 5.74) is 8.39. The maximum Gasteiger partial charge on any atom is 0.224 e. The van der Waals surface area contributed by atoms with Gasteiger partial charge in [0.15, 0.2) is 0 Å². The number of rotatable bonds is 5. The minimum absolute atomic E-state index is 0.138. The normalized spacial score (nSPS) is 16.6. The maximum atomic E-state index is 12.5. The number of nitrogens with two attached hydrogens (primary N) is 1. The molecule has 0 radical (unpaired) electrons. The zero-order chi connectivity index (χ0) is 17.6. The van der Waals surface area contributed by atoms with Crippen LogP contribution in [0.3, 0.4) is 0 Å². The minimum Gasteiger partial charge on any atom is -0.340 e. The molecule has 1 atom stereocenters. The number of halogens is 1. The molecule has 132 valence electrons. The van der Waals surface area contributed by atoms with Gasteiger partial charge in [-0.05, 0) is 23.3 Å². The summed E-state index contributed by atoms with van der Waals surface area (Å²) in [6, 6.07) is 17.5. The smallest absolute Gasteiger partial charge is 0.224 e. The summed E-state index contributed by atoms with van der Waals surface area (Å²) in [5, 5.41) is 0.765. The molecule has 1 amide bonds. The maximum absolute atomic E-state index is 12.5. The molecule has 5 heteroatoms. The van der Waals surface area contributed by atoms with Crippen LogP contribution in [0.1, 0.15) is 23.6 Å². The molecule has 2 aromatic rings. The zero-order valence-corrected chi connectivity index (χ0v) is 15.0. The van der Waals surface area contributed by atoms with Crippen molar-refractivity contribution in [3.05, 3.63) is 70.7 Å². The van der Waals surface area contributed by atoms with Crippen LogP contribution < -0.4 is 5.73 Å². The lowest BCUT2D eigenvalue weighted by Gasteiger charge is -2.35. The molecule has 1 saturated heterocycles. The van der Waals surface area contributed by atoms with E-state index in [0.717, 1.165) is 43.3 Å². The molecule has 1 unspecified atom stereocenters. The third-order valence-corrected chi connectivity index (χ3v) is 4.88. The number of hydrogen-bond donors (Lipinski definition) is 1. The number of nitrogens with zero attached hydrogens (tertiary/aromatic N) is 2. The Labute approximate surface area is 154 Å². The van der Waals surface area contributed by atoms with Crippen molar-refractivity contribution < 1.29 is 4.79 Å². The quantitative estimate of drug-likeness (QED) is 0.894. The fourth-order valence-electron chi connectivity index (χ4n) is 3.18. The van der Waals surface area contributed by atoms with Gasteiger partial charge in [-0.25, -0.2) is 0 Å². The highest BCUT2D eigenvalue weighted by molar-refractivity contribution is 6.30. The van der Waals surface area contributed by atoms with Crippen LogP contribution in [0.5, 0.6) is 0 Å². The van der Waals surface area contributed by atoms with Crippen molar-refractivity contribution in [1.29, 1.82) is 0 Å². The van der Waals surface area contributed by atoms with E-state index in [1.807, 2.05) is 53.4 Å². The lowest BCUT2D eigenvalue weighted by molar-refractivity contribution is -0.133. The topological polar surface area (TPSA) is 49.6 Å². The Kier molecular flexibility index (Phi) is 6.08.